The second kappa shape index (κ2) is 12.2. The summed E-state index contributed by atoms with van der Waals surface area (Å²) in [5.74, 6) is 0.999. The van der Waals surface area contributed by atoms with Crippen LogP contribution in [0.3, 0.4) is 0 Å². The van der Waals surface area contributed by atoms with Gasteiger partial charge in [-0.3, -0.25) is 4.99 Å². The SMILES string of the molecule is CN=C(NCC(C)Cc1cccs1)NCC(OC)c1ccc(F)cc1.I. The number of benzene rings is 1. The Morgan fingerprint density at radius 3 is 2.46 bits per heavy atom. The molecule has 0 bridgehead atoms. The van der Waals surface area contributed by atoms with E-state index in [1.165, 1.54) is 17.0 Å². The molecule has 2 N–H and O–H groups in total. The van der Waals surface area contributed by atoms with Gasteiger partial charge in [0.2, 0.25) is 0 Å². The Morgan fingerprint density at radius 2 is 1.88 bits per heavy atom. The summed E-state index contributed by atoms with van der Waals surface area (Å²) in [5, 5.41) is 8.73. The molecular weight excluding hydrogens is 464 g/mol. The molecule has 0 saturated heterocycles. The Balaban J connectivity index is 0.00000338. The highest BCUT2D eigenvalue weighted by molar-refractivity contribution is 14.0. The molecule has 0 radical (unpaired) electrons. The molecule has 2 unspecified atom stereocenters. The van der Waals surface area contributed by atoms with Gasteiger partial charge in [-0.05, 0) is 41.5 Å². The van der Waals surface area contributed by atoms with Crippen LogP contribution in [0.25, 0.3) is 0 Å². The number of halogens is 2. The molecule has 0 aliphatic carbocycles. The summed E-state index contributed by atoms with van der Waals surface area (Å²) in [6, 6.07) is 10.6. The van der Waals surface area contributed by atoms with Gasteiger partial charge in [0.05, 0.1) is 6.10 Å². The largest absolute Gasteiger partial charge is 0.375 e. The lowest BCUT2D eigenvalue weighted by molar-refractivity contribution is 0.106. The third-order valence-electron chi connectivity index (χ3n) is 3.95. The predicted molar refractivity (Wildman–Crippen MR) is 118 cm³/mol. The van der Waals surface area contributed by atoms with Gasteiger partial charge in [0.15, 0.2) is 5.96 Å². The Labute approximate surface area is 176 Å². The van der Waals surface area contributed by atoms with Crippen molar-refractivity contribution < 1.29 is 9.13 Å². The van der Waals surface area contributed by atoms with Gasteiger partial charge >= 0.3 is 0 Å². The van der Waals surface area contributed by atoms with Gasteiger partial charge in [-0.25, -0.2) is 4.39 Å². The smallest absolute Gasteiger partial charge is 0.191 e. The highest BCUT2D eigenvalue weighted by atomic mass is 127. The molecule has 0 amide bonds. The predicted octanol–water partition coefficient (Wildman–Crippen LogP) is 4.24. The monoisotopic (exact) mass is 491 g/mol. The third kappa shape index (κ3) is 7.59. The lowest BCUT2D eigenvalue weighted by Gasteiger charge is -2.20. The van der Waals surface area contributed by atoms with E-state index in [1.54, 1.807) is 37.6 Å². The maximum Gasteiger partial charge on any atom is 0.191 e. The van der Waals surface area contributed by atoms with Crippen LogP contribution in [0.15, 0.2) is 46.8 Å². The van der Waals surface area contributed by atoms with Gasteiger partial charge in [0.25, 0.3) is 0 Å². The van der Waals surface area contributed by atoms with Crippen molar-refractivity contribution in [2.75, 3.05) is 27.2 Å². The zero-order valence-corrected chi connectivity index (χ0v) is 18.5. The zero-order chi connectivity index (χ0) is 18.1. The number of nitrogens with zero attached hydrogens (tertiary/aromatic N) is 1. The van der Waals surface area contributed by atoms with Gasteiger partial charge in [-0.15, -0.1) is 35.3 Å². The molecule has 2 atom stereocenters. The van der Waals surface area contributed by atoms with E-state index in [9.17, 15) is 4.39 Å². The maximum absolute atomic E-state index is 13.0. The van der Waals surface area contributed by atoms with E-state index < -0.39 is 0 Å². The van der Waals surface area contributed by atoms with E-state index in [4.69, 9.17) is 4.74 Å². The molecule has 1 heterocycles. The van der Waals surface area contributed by atoms with E-state index in [0.29, 0.717) is 12.5 Å². The van der Waals surface area contributed by atoms with Gasteiger partial charge in [0, 0.05) is 32.1 Å². The van der Waals surface area contributed by atoms with E-state index in [1.807, 2.05) is 0 Å². The van der Waals surface area contributed by atoms with E-state index >= 15 is 0 Å². The number of hydrogen-bond acceptors (Lipinski definition) is 3. The van der Waals surface area contributed by atoms with Crippen molar-refractivity contribution in [1.82, 2.24) is 10.6 Å². The zero-order valence-electron chi connectivity index (χ0n) is 15.4. The van der Waals surface area contributed by atoms with E-state index in [2.05, 4.69) is 40.1 Å². The van der Waals surface area contributed by atoms with Gasteiger partial charge in [-0.2, -0.15) is 0 Å². The summed E-state index contributed by atoms with van der Waals surface area (Å²) in [7, 11) is 3.40. The molecule has 2 rings (SSSR count). The van der Waals surface area contributed by atoms with Gasteiger partial charge < -0.3 is 15.4 Å². The van der Waals surface area contributed by atoms with Crippen molar-refractivity contribution >= 4 is 41.3 Å². The molecule has 0 spiro atoms. The van der Waals surface area contributed by atoms with Crippen LogP contribution >= 0.6 is 35.3 Å². The van der Waals surface area contributed by atoms with Crippen molar-refractivity contribution in [3.63, 3.8) is 0 Å². The minimum Gasteiger partial charge on any atom is -0.375 e. The molecule has 0 saturated carbocycles. The van der Waals surface area contributed by atoms with Crippen molar-refractivity contribution in [2.45, 2.75) is 19.4 Å². The fourth-order valence-electron chi connectivity index (χ4n) is 2.54. The molecule has 0 aliphatic rings. The molecule has 2 aromatic rings. The summed E-state index contributed by atoms with van der Waals surface area (Å²) >= 11 is 1.79. The minimum atomic E-state index is -0.247. The number of rotatable bonds is 8. The average Bonchev–Trinajstić information content (AvgIpc) is 3.12. The topological polar surface area (TPSA) is 45.7 Å². The van der Waals surface area contributed by atoms with Crippen LogP contribution in [-0.4, -0.2) is 33.2 Å². The van der Waals surface area contributed by atoms with Crippen molar-refractivity contribution in [2.24, 2.45) is 10.9 Å². The van der Waals surface area contributed by atoms with E-state index in [-0.39, 0.29) is 35.9 Å². The van der Waals surface area contributed by atoms with Gasteiger partial charge in [-0.1, -0.05) is 25.1 Å². The summed E-state index contributed by atoms with van der Waals surface area (Å²) in [6.45, 7) is 3.61. The third-order valence-corrected chi connectivity index (χ3v) is 4.85. The van der Waals surface area contributed by atoms with Crippen LogP contribution in [0.1, 0.15) is 23.5 Å². The van der Waals surface area contributed by atoms with Crippen LogP contribution in [-0.2, 0) is 11.2 Å². The van der Waals surface area contributed by atoms with Crippen LogP contribution in [0.4, 0.5) is 4.39 Å². The lowest BCUT2D eigenvalue weighted by Crippen LogP contribution is -2.41. The number of hydrogen-bond donors (Lipinski definition) is 2. The quantitative estimate of drug-likeness (QED) is 0.330. The Morgan fingerprint density at radius 1 is 1.19 bits per heavy atom. The first kappa shape index (κ1) is 22.9. The number of thiophene rings is 1. The van der Waals surface area contributed by atoms with Crippen LogP contribution in [0.5, 0.6) is 0 Å². The number of nitrogens with one attached hydrogen (secondary N) is 2. The molecule has 1 aromatic carbocycles. The summed E-state index contributed by atoms with van der Waals surface area (Å²) in [6.07, 6.45) is 0.889. The maximum atomic E-state index is 13.0. The summed E-state index contributed by atoms with van der Waals surface area (Å²) in [4.78, 5) is 5.65. The summed E-state index contributed by atoms with van der Waals surface area (Å²) in [5.41, 5.74) is 0.929. The summed E-state index contributed by atoms with van der Waals surface area (Å²) < 4.78 is 18.5. The minimum absolute atomic E-state index is 0. The highest BCUT2D eigenvalue weighted by Crippen LogP contribution is 2.16. The first-order valence-electron chi connectivity index (χ1n) is 8.37. The number of ether oxygens (including phenoxy) is 1. The Kier molecular flexibility index (Phi) is 10.8. The fourth-order valence-corrected chi connectivity index (χ4v) is 3.41. The van der Waals surface area contributed by atoms with Crippen LogP contribution < -0.4 is 10.6 Å². The molecule has 4 nitrogen and oxygen atoms in total. The molecule has 0 fully saturated rings. The normalized spacial score (nSPS) is 13.6. The number of methoxy groups -OCH3 is 1. The highest BCUT2D eigenvalue weighted by Gasteiger charge is 2.12. The standard InChI is InChI=1S/C19H26FN3OS.HI/c1-14(11-17-5-4-10-25-17)12-22-19(21-2)23-13-18(24-3)15-6-8-16(20)9-7-15;/h4-10,14,18H,11-13H2,1-3H3,(H2,21,22,23);1H. The Bertz CT molecular complexity index is 649. The molecule has 26 heavy (non-hydrogen) atoms. The first-order chi connectivity index (χ1) is 12.1. The molecule has 1 aromatic heterocycles. The van der Waals surface area contributed by atoms with Crippen LogP contribution in [0, 0.1) is 11.7 Å². The lowest BCUT2D eigenvalue weighted by atomic mass is 10.1. The van der Waals surface area contributed by atoms with Crippen molar-refractivity contribution in [3.8, 4) is 0 Å². The van der Waals surface area contributed by atoms with E-state index in [0.717, 1.165) is 24.5 Å². The fraction of sp³-hybridized carbons (Fsp3) is 0.421. The molecule has 7 heteroatoms. The number of guanidine groups is 1. The second-order valence-electron chi connectivity index (χ2n) is 6.00. The van der Waals surface area contributed by atoms with Crippen molar-refractivity contribution in [3.05, 3.63) is 58.0 Å². The second-order valence-corrected chi connectivity index (χ2v) is 7.03. The molecular formula is C19H27FIN3OS. The number of aliphatic imine (C=N–C) groups is 1. The Hall–Kier alpha value is -1.19. The molecule has 144 valence electrons. The van der Waals surface area contributed by atoms with Gasteiger partial charge in [0.1, 0.15) is 5.82 Å². The van der Waals surface area contributed by atoms with Crippen LogP contribution in [0.2, 0.25) is 0 Å². The average molecular weight is 491 g/mol. The molecule has 0 aliphatic heterocycles. The first-order valence-corrected chi connectivity index (χ1v) is 9.25. The van der Waals surface area contributed by atoms with Crippen molar-refractivity contribution in [1.29, 1.82) is 0 Å².